The summed E-state index contributed by atoms with van der Waals surface area (Å²) in [6.07, 6.45) is 14.1. The van der Waals surface area contributed by atoms with E-state index in [9.17, 15) is 14.4 Å². The van der Waals surface area contributed by atoms with E-state index >= 15 is 0 Å². The molecule has 1 aliphatic rings. The lowest BCUT2D eigenvalue weighted by atomic mass is 10.0. The predicted molar refractivity (Wildman–Crippen MR) is 156 cm³/mol. The third kappa shape index (κ3) is 11.9. The molecule has 1 aromatic heterocycles. The van der Waals surface area contributed by atoms with E-state index in [4.69, 9.17) is 4.74 Å². The molecule has 2 heterocycles. The molecule has 8 heteroatoms. The molecule has 38 heavy (non-hydrogen) atoms. The Kier molecular flexibility index (Phi) is 15.6. The number of ether oxygens (including phenoxy) is 1. The summed E-state index contributed by atoms with van der Waals surface area (Å²) in [7, 11) is 3.97. The molecule has 0 aliphatic carbocycles. The first-order chi connectivity index (χ1) is 18.3. The molecule has 0 fully saturated rings. The molecule has 0 spiro atoms. The number of hydrogen-bond donors (Lipinski definition) is 1. The van der Waals surface area contributed by atoms with Gasteiger partial charge in [0.1, 0.15) is 0 Å². The maximum Gasteiger partial charge on any atom is 0.305 e. The van der Waals surface area contributed by atoms with Crippen LogP contribution in [0.3, 0.4) is 0 Å². The minimum atomic E-state index is -0.148. The quantitative estimate of drug-likeness (QED) is 0.173. The van der Waals surface area contributed by atoms with Crippen LogP contribution in [0.25, 0.3) is 0 Å². The van der Waals surface area contributed by atoms with Crippen molar-refractivity contribution in [3.63, 3.8) is 0 Å². The lowest BCUT2D eigenvalue weighted by Crippen LogP contribution is -2.36. The van der Waals surface area contributed by atoms with Crippen LogP contribution in [0.15, 0.2) is 0 Å². The van der Waals surface area contributed by atoms with Crippen molar-refractivity contribution in [2.45, 2.75) is 110 Å². The maximum absolute atomic E-state index is 12.8. The second kappa shape index (κ2) is 18.4. The van der Waals surface area contributed by atoms with Crippen molar-refractivity contribution in [3.05, 3.63) is 20.9 Å². The largest absolute Gasteiger partial charge is 0.466 e. The zero-order valence-electron chi connectivity index (χ0n) is 24.4. The number of esters is 1. The molecule has 0 atom stereocenters. The lowest BCUT2D eigenvalue weighted by Gasteiger charge is -2.27. The van der Waals surface area contributed by atoms with Crippen molar-refractivity contribution in [1.82, 2.24) is 15.1 Å². The van der Waals surface area contributed by atoms with E-state index in [1.807, 2.05) is 30.8 Å². The highest BCUT2D eigenvalue weighted by atomic mass is 32.1. The van der Waals surface area contributed by atoms with Gasteiger partial charge < -0.3 is 19.9 Å². The summed E-state index contributed by atoms with van der Waals surface area (Å²) in [5, 5.41) is 3.02. The van der Waals surface area contributed by atoms with Gasteiger partial charge in [0.25, 0.3) is 5.91 Å². The second-order valence-corrected chi connectivity index (χ2v) is 12.1. The first kappa shape index (κ1) is 32.3. The molecule has 1 aromatic rings. The topological polar surface area (TPSA) is 79.0 Å². The first-order valence-corrected chi connectivity index (χ1v) is 15.6. The molecule has 2 rings (SSSR count). The summed E-state index contributed by atoms with van der Waals surface area (Å²) in [4.78, 5) is 43.6. The monoisotopic (exact) mass is 549 g/mol. The molecular weight excluding hydrogens is 498 g/mol. The standard InChI is InChI=1S/C30H51N3O4S/c1-5-6-7-8-9-10-11-12-15-22-37-28(35)17-14-13-16-27(34)33-20-18-25-26(23-33)38-24(2)29(25)30(36)31-19-21-32(3)4/h5-23H2,1-4H3,(H,31,36). The van der Waals surface area contributed by atoms with Gasteiger partial charge in [-0.2, -0.15) is 0 Å². The Labute approximate surface area is 234 Å². The zero-order chi connectivity index (χ0) is 27.8. The average Bonchev–Trinajstić information content (AvgIpc) is 3.22. The van der Waals surface area contributed by atoms with Gasteiger partial charge in [0.15, 0.2) is 0 Å². The number of unbranched alkanes of at least 4 members (excludes halogenated alkanes) is 9. The van der Waals surface area contributed by atoms with Crippen molar-refractivity contribution < 1.29 is 19.1 Å². The van der Waals surface area contributed by atoms with Crippen LogP contribution in [0.4, 0.5) is 0 Å². The van der Waals surface area contributed by atoms with Crippen molar-refractivity contribution >= 4 is 29.1 Å². The Bertz CT molecular complexity index is 868. The number of carbonyl (C=O) groups excluding carboxylic acids is 3. The van der Waals surface area contributed by atoms with E-state index in [2.05, 4.69) is 12.2 Å². The first-order valence-electron chi connectivity index (χ1n) is 14.8. The van der Waals surface area contributed by atoms with E-state index in [0.29, 0.717) is 58.3 Å². The van der Waals surface area contributed by atoms with Gasteiger partial charge in [0, 0.05) is 42.2 Å². The van der Waals surface area contributed by atoms with Crippen LogP contribution >= 0.6 is 11.3 Å². The molecule has 1 aliphatic heterocycles. The van der Waals surface area contributed by atoms with E-state index in [1.54, 1.807) is 11.3 Å². The normalized spacial score (nSPS) is 13.0. The predicted octanol–water partition coefficient (Wildman–Crippen LogP) is 5.87. The molecule has 0 unspecified atom stereocenters. The van der Waals surface area contributed by atoms with Crippen molar-refractivity contribution in [2.24, 2.45) is 0 Å². The van der Waals surface area contributed by atoms with Crippen LogP contribution in [0.2, 0.25) is 0 Å². The van der Waals surface area contributed by atoms with Gasteiger partial charge in [-0.15, -0.1) is 11.3 Å². The molecule has 2 amide bonds. The summed E-state index contributed by atoms with van der Waals surface area (Å²) in [6, 6.07) is 0. The Morgan fingerprint density at radius 2 is 1.61 bits per heavy atom. The maximum atomic E-state index is 12.8. The number of hydrogen-bond acceptors (Lipinski definition) is 6. The van der Waals surface area contributed by atoms with Crippen molar-refractivity contribution in [3.8, 4) is 0 Å². The van der Waals surface area contributed by atoms with E-state index in [0.717, 1.165) is 40.3 Å². The molecule has 0 aromatic carbocycles. The molecule has 0 saturated carbocycles. The van der Waals surface area contributed by atoms with Gasteiger partial charge in [-0.25, -0.2) is 0 Å². The van der Waals surface area contributed by atoms with Crippen molar-refractivity contribution in [1.29, 1.82) is 0 Å². The van der Waals surface area contributed by atoms with E-state index in [1.165, 1.54) is 44.9 Å². The van der Waals surface area contributed by atoms with Crippen LogP contribution < -0.4 is 5.32 Å². The number of nitrogens with zero attached hydrogens (tertiary/aromatic N) is 2. The second-order valence-electron chi connectivity index (χ2n) is 10.8. The summed E-state index contributed by atoms with van der Waals surface area (Å²) in [5.41, 5.74) is 1.91. The molecule has 0 bridgehead atoms. The molecule has 216 valence electrons. The average molecular weight is 550 g/mol. The fourth-order valence-electron chi connectivity index (χ4n) is 4.91. The van der Waals surface area contributed by atoms with Crippen LogP contribution in [-0.4, -0.2) is 67.9 Å². The smallest absolute Gasteiger partial charge is 0.305 e. The number of fused-ring (bicyclic) bond motifs is 1. The number of rotatable bonds is 19. The number of thiophene rings is 1. The number of likely N-dealkylation sites (N-methyl/N-ethyl adjacent to an activating group) is 1. The molecule has 0 radical (unpaired) electrons. The van der Waals surface area contributed by atoms with Crippen molar-refractivity contribution in [2.75, 3.05) is 40.3 Å². The number of aryl methyl sites for hydroxylation is 1. The highest BCUT2D eigenvalue weighted by Crippen LogP contribution is 2.33. The van der Waals surface area contributed by atoms with E-state index < -0.39 is 0 Å². The van der Waals surface area contributed by atoms with Crippen LogP contribution in [0.1, 0.15) is 116 Å². The summed E-state index contributed by atoms with van der Waals surface area (Å²) in [5.74, 6) is -0.0295. The van der Waals surface area contributed by atoms with E-state index in [-0.39, 0.29) is 17.8 Å². The number of nitrogens with one attached hydrogen (secondary N) is 1. The minimum Gasteiger partial charge on any atom is -0.466 e. The summed E-state index contributed by atoms with van der Waals surface area (Å²) < 4.78 is 5.37. The lowest BCUT2D eigenvalue weighted by molar-refractivity contribution is -0.144. The highest BCUT2D eigenvalue weighted by molar-refractivity contribution is 7.12. The summed E-state index contributed by atoms with van der Waals surface area (Å²) in [6.45, 7) is 7.38. The Balaban J connectivity index is 1.58. The Morgan fingerprint density at radius 3 is 2.29 bits per heavy atom. The molecular formula is C30H51N3O4S. The van der Waals surface area contributed by atoms with Gasteiger partial charge in [0.05, 0.1) is 18.7 Å². The molecule has 7 nitrogen and oxygen atoms in total. The van der Waals surface area contributed by atoms with Gasteiger partial charge in [-0.05, 0) is 52.3 Å². The third-order valence-corrected chi connectivity index (χ3v) is 8.32. The van der Waals surface area contributed by atoms with Crippen LogP contribution in [0.5, 0.6) is 0 Å². The number of amides is 2. The molecule has 1 N–H and O–H groups in total. The molecule has 0 saturated heterocycles. The zero-order valence-corrected chi connectivity index (χ0v) is 25.2. The van der Waals surface area contributed by atoms with Crippen LogP contribution in [0, 0.1) is 6.92 Å². The Hall–Kier alpha value is -1.93. The number of carbonyl (C=O) groups is 3. The third-order valence-electron chi connectivity index (χ3n) is 7.19. The minimum absolute atomic E-state index is 0.00804. The fourth-order valence-corrected chi connectivity index (χ4v) is 6.14. The van der Waals surface area contributed by atoms with Crippen LogP contribution in [-0.2, 0) is 27.3 Å². The van der Waals surface area contributed by atoms with Gasteiger partial charge in [-0.3, -0.25) is 14.4 Å². The van der Waals surface area contributed by atoms with Gasteiger partial charge >= 0.3 is 5.97 Å². The van der Waals surface area contributed by atoms with Gasteiger partial charge in [-0.1, -0.05) is 58.3 Å². The SMILES string of the molecule is CCCCCCCCCCCOC(=O)CCCCC(=O)N1CCc2c(sc(C)c2C(=O)NCCN(C)C)C1. The Morgan fingerprint density at radius 1 is 0.947 bits per heavy atom. The van der Waals surface area contributed by atoms with Gasteiger partial charge in [0.2, 0.25) is 5.91 Å². The highest BCUT2D eigenvalue weighted by Gasteiger charge is 2.28. The summed E-state index contributed by atoms with van der Waals surface area (Å²) >= 11 is 1.63. The fraction of sp³-hybridized carbons (Fsp3) is 0.767.